The van der Waals surface area contributed by atoms with Crippen LogP contribution in [0.2, 0.25) is 0 Å². The fraction of sp³-hybridized carbons (Fsp3) is 0.444. The Hall–Kier alpha value is -2.35. The molecule has 0 spiro atoms. The predicted octanol–water partition coefficient (Wildman–Crippen LogP) is 6.64. The first kappa shape index (κ1) is 19.9. The van der Waals surface area contributed by atoms with Gasteiger partial charge in [0.1, 0.15) is 0 Å². The Morgan fingerprint density at radius 3 is 2.31 bits per heavy atom. The molecule has 2 nitrogen and oxygen atoms in total. The van der Waals surface area contributed by atoms with Crippen LogP contribution in [0.4, 0.5) is 5.69 Å². The molecule has 3 saturated carbocycles. The van der Waals surface area contributed by atoms with Gasteiger partial charge in [-0.2, -0.15) is 0 Å². The molecule has 29 heavy (non-hydrogen) atoms. The van der Waals surface area contributed by atoms with E-state index < -0.39 is 0 Å². The highest BCUT2D eigenvalue weighted by Crippen LogP contribution is 2.57. The summed E-state index contributed by atoms with van der Waals surface area (Å²) < 4.78 is 0. The Bertz CT molecular complexity index is 853. The number of hydrogen-bond acceptors (Lipinski definition) is 2. The molecule has 0 unspecified atom stereocenters. The number of hydrogen-bond donors (Lipinski definition) is 1. The molecule has 0 saturated heterocycles. The van der Waals surface area contributed by atoms with Crippen molar-refractivity contribution in [1.82, 2.24) is 0 Å². The summed E-state index contributed by atoms with van der Waals surface area (Å²) in [7, 11) is 0. The van der Waals surface area contributed by atoms with Crippen molar-refractivity contribution in [3.63, 3.8) is 0 Å². The molecule has 5 rings (SSSR count). The third-order valence-corrected chi connectivity index (χ3v) is 7.49. The average Bonchev–Trinajstić information content (AvgIpc) is 2.78. The maximum absolute atomic E-state index is 10.4. The second-order valence-corrected chi connectivity index (χ2v) is 9.49. The fourth-order valence-corrected chi connectivity index (χ4v) is 5.36. The van der Waals surface area contributed by atoms with E-state index in [2.05, 4.69) is 55.6 Å². The zero-order valence-corrected chi connectivity index (χ0v) is 17.7. The average molecular weight is 387 g/mol. The number of fused-ring (bicyclic) bond motifs is 3. The van der Waals surface area contributed by atoms with Gasteiger partial charge in [-0.25, -0.2) is 0 Å². The third kappa shape index (κ3) is 4.17. The Balaban J connectivity index is 1.40. The molecule has 3 fully saturated rings. The van der Waals surface area contributed by atoms with Crippen molar-refractivity contribution in [3.05, 3.63) is 71.3 Å². The smallest absolute Gasteiger partial charge is 0.225 e. The monoisotopic (exact) mass is 386 g/mol. The Labute approximate surface area is 175 Å². The first-order valence-corrected chi connectivity index (χ1v) is 11.0. The highest BCUT2D eigenvalue weighted by molar-refractivity contribution is 5.75. The quantitative estimate of drug-likeness (QED) is 0.541. The van der Waals surface area contributed by atoms with Crippen LogP contribution in [-0.4, -0.2) is 12.8 Å². The van der Waals surface area contributed by atoms with Crippen molar-refractivity contribution in [2.45, 2.75) is 63.7 Å². The van der Waals surface area contributed by atoms with Gasteiger partial charge in [0.2, 0.25) is 6.29 Å². The van der Waals surface area contributed by atoms with Gasteiger partial charge >= 0.3 is 0 Å². The summed E-state index contributed by atoms with van der Waals surface area (Å²) in [5, 5.41) is 3.69. The Morgan fingerprint density at radius 1 is 1.00 bits per heavy atom. The number of rotatable bonds is 7. The van der Waals surface area contributed by atoms with Crippen LogP contribution in [0.15, 0.2) is 54.6 Å². The molecule has 0 aliphatic heterocycles. The van der Waals surface area contributed by atoms with E-state index in [9.17, 15) is 4.79 Å². The zero-order chi connectivity index (χ0) is 20.3. The molecule has 0 amide bonds. The minimum atomic E-state index is 0.410. The van der Waals surface area contributed by atoms with Gasteiger partial charge < -0.3 is 5.32 Å². The van der Waals surface area contributed by atoms with E-state index in [0.29, 0.717) is 16.7 Å². The first-order valence-electron chi connectivity index (χ1n) is 11.0. The molecule has 0 heterocycles. The SMILES string of the molecule is CC(C)c1ccc(C23CCC(CNc4cccc(/C=C/[C]=O)c4)(CC2)CC3)cc1. The lowest BCUT2D eigenvalue weighted by atomic mass is 9.52. The van der Waals surface area contributed by atoms with Crippen molar-refractivity contribution in [1.29, 1.82) is 0 Å². The Morgan fingerprint density at radius 2 is 1.69 bits per heavy atom. The van der Waals surface area contributed by atoms with Crippen LogP contribution in [0.25, 0.3) is 6.08 Å². The second-order valence-electron chi connectivity index (χ2n) is 9.49. The number of benzene rings is 2. The van der Waals surface area contributed by atoms with Crippen LogP contribution >= 0.6 is 0 Å². The number of carbonyl (C=O) groups excluding carboxylic acids is 1. The number of nitrogens with one attached hydrogen (secondary N) is 1. The van der Waals surface area contributed by atoms with Gasteiger partial charge in [-0.3, -0.25) is 4.79 Å². The first-order chi connectivity index (χ1) is 14.0. The van der Waals surface area contributed by atoms with Gasteiger partial charge in [0.25, 0.3) is 0 Å². The van der Waals surface area contributed by atoms with Crippen LogP contribution in [0.1, 0.15) is 75.0 Å². The van der Waals surface area contributed by atoms with Gasteiger partial charge in [0.15, 0.2) is 0 Å². The minimum absolute atomic E-state index is 0.410. The molecule has 3 aliphatic carbocycles. The maximum atomic E-state index is 10.4. The van der Waals surface area contributed by atoms with Crippen LogP contribution in [0.5, 0.6) is 0 Å². The molecule has 2 bridgehead atoms. The molecule has 1 N–H and O–H groups in total. The molecule has 3 aliphatic rings. The van der Waals surface area contributed by atoms with E-state index in [1.165, 1.54) is 50.2 Å². The van der Waals surface area contributed by atoms with Gasteiger partial charge in [-0.05, 0) is 90.2 Å². The molecule has 0 aromatic heterocycles. The lowest BCUT2D eigenvalue weighted by molar-refractivity contribution is 0.0506. The van der Waals surface area contributed by atoms with Crippen molar-refractivity contribution in [3.8, 4) is 0 Å². The summed E-state index contributed by atoms with van der Waals surface area (Å²) in [6, 6.07) is 17.8. The Kier molecular flexibility index (Phi) is 5.63. The topological polar surface area (TPSA) is 29.1 Å². The molecule has 2 aromatic carbocycles. The summed E-state index contributed by atoms with van der Waals surface area (Å²) in [5.74, 6) is 0.601. The van der Waals surface area contributed by atoms with E-state index in [0.717, 1.165) is 17.8 Å². The zero-order valence-electron chi connectivity index (χ0n) is 17.7. The van der Waals surface area contributed by atoms with Crippen molar-refractivity contribution < 1.29 is 4.79 Å². The van der Waals surface area contributed by atoms with Crippen LogP contribution in [0.3, 0.4) is 0 Å². The van der Waals surface area contributed by atoms with E-state index in [1.807, 2.05) is 18.4 Å². The molecule has 151 valence electrons. The van der Waals surface area contributed by atoms with Crippen molar-refractivity contribution >= 4 is 18.0 Å². The highest BCUT2D eigenvalue weighted by atomic mass is 16.1. The van der Waals surface area contributed by atoms with Gasteiger partial charge in [0.05, 0.1) is 0 Å². The normalized spacial score (nSPS) is 26.2. The third-order valence-electron chi connectivity index (χ3n) is 7.49. The largest absolute Gasteiger partial charge is 0.384 e. The van der Waals surface area contributed by atoms with Crippen LogP contribution in [-0.2, 0) is 10.2 Å². The summed E-state index contributed by atoms with van der Waals surface area (Å²) >= 11 is 0. The van der Waals surface area contributed by atoms with Crippen LogP contribution < -0.4 is 5.32 Å². The second kappa shape index (κ2) is 8.18. The van der Waals surface area contributed by atoms with Crippen molar-refractivity contribution in [2.24, 2.45) is 5.41 Å². The molecular weight excluding hydrogens is 354 g/mol. The maximum Gasteiger partial charge on any atom is 0.225 e. The molecular formula is C27H32NO. The standard InChI is InChI=1S/C27H32NO/c1-21(2)23-8-10-24(11-9-23)27-15-12-26(13-16-27,14-17-27)20-28-25-7-3-5-22(19-25)6-4-18-29/h3-11,19,21,28H,12-17,20H2,1-2H3/b6-4+. The van der Waals surface area contributed by atoms with E-state index >= 15 is 0 Å². The minimum Gasteiger partial charge on any atom is -0.384 e. The van der Waals surface area contributed by atoms with E-state index in [-0.39, 0.29) is 0 Å². The van der Waals surface area contributed by atoms with Crippen molar-refractivity contribution in [2.75, 3.05) is 11.9 Å². The molecule has 2 heteroatoms. The molecule has 1 radical (unpaired) electrons. The predicted molar refractivity (Wildman–Crippen MR) is 122 cm³/mol. The van der Waals surface area contributed by atoms with Gasteiger partial charge in [0, 0.05) is 12.2 Å². The summed E-state index contributed by atoms with van der Waals surface area (Å²) in [6.45, 7) is 5.58. The van der Waals surface area contributed by atoms with E-state index in [1.54, 1.807) is 11.6 Å². The molecule has 2 aromatic rings. The van der Waals surface area contributed by atoms with E-state index in [4.69, 9.17) is 0 Å². The summed E-state index contributed by atoms with van der Waals surface area (Å²) in [6.07, 6.45) is 12.9. The molecule has 0 atom stereocenters. The lowest BCUT2D eigenvalue weighted by Crippen LogP contribution is -2.47. The van der Waals surface area contributed by atoms with Gasteiger partial charge in [-0.1, -0.05) is 56.3 Å². The van der Waals surface area contributed by atoms with Gasteiger partial charge in [-0.15, -0.1) is 0 Å². The summed E-state index contributed by atoms with van der Waals surface area (Å²) in [4.78, 5) is 10.4. The fourth-order valence-electron chi connectivity index (χ4n) is 5.36. The number of allylic oxidation sites excluding steroid dienone is 1. The highest BCUT2D eigenvalue weighted by Gasteiger charge is 2.49. The number of anilines is 1. The van der Waals surface area contributed by atoms with Crippen LogP contribution in [0, 0.1) is 5.41 Å². The summed E-state index contributed by atoms with van der Waals surface area (Å²) in [5.41, 5.74) is 6.02. The lowest BCUT2D eigenvalue weighted by Gasteiger charge is -2.54.